The molecule has 1 aromatic heterocycles. The SMILES string of the molecule is O=C(N/N=C/c1cccs1)[C@@H]1C[C@H]1c1ccccc1. The summed E-state index contributed by atoms with van der Waals surface area (Å²) in [7, 11) is 0. The van der Waals surface area contributed by atoms with Crippen molar-refractivity contribution in [2.24, 2.45) is 11.0 Å². The Morgan fingerprint density at radius 3 is 2.84 bits per heavy atom. The van der Waals surface area contributed by atoms with Gasteiger partial charge in [-0.25, -0.2) is 5.43 Å². The van der Waals surface area contributed by atoms with E-state index in [1.54, 1.807) is 17.6 Å². The highest BCUT2D eigenvalue weighted by atomic mass is 32.1. The van der Waals surface area contributed by atoms with Gasteiger partial charge in [0.05, 0.1) is 6.21 Å². The van der Waals surface area contributed by atoms with Gasteiger partial charge in [-0.05, 0) is 29.3 Å². The number of hydrogen-bond donors (Lipinski definition) is 1. The summed E-state index contributed by atoms with van der Waals surface area (Å²) < 4.78 is 0. The number of hydrogen-bond acceptors (Lipinski definition) is 3. The minimum Gasteiger partial charge on any atom is -0.273 e. The molecule has 1 fully saturated rings. The Balaban J connectivity index is 1.53. The molecule has 3 rings (SSSR count). The van der Waals surface area contributed by atoms with Crippen LogP contribution in [0.5, 0.6) is 0 Å². The minimum atomic E-state index is 0.0154. The molecule has 0 unspecified atom stereocenters. The number of thiophene rings is 1. The van der Waals surface area contributed by atoms with Crippen LogP contribution >= 0.6 is 11.3 Å². The summed E-state index contributed by atoms with van der Waals surface area (Å²) in [6, 6.07) is 14.1. The van der Waals surface area contributed by atoms with E-state index >= 15 is 0 Å². The van der Waals surface area contributed by atoms with Crippen LogP contribution in [0, 0.1) is 5.92 Å². The molecule has 0 aliphatic heterocycles. The van der Waals surface area contributed by atoms with Crippen molar-refractivity contribution in [2.45, 2.75) is 12.3 Å². The van der Waals surface area contributed by atoms with Gasteiger partial charge in [-0.3, -0.25) is 4.79 Å². The number of nitrogens with one attached hydrogen (secondary N) is 1. The van der Waals surface area contributed by atoms with Gasteiger partial charge in [0, 0.05) is 10.8 Å². The van der Waals surface area contributed by atoms with Crippen molar-refractivity contribution >= 4 is 23.5 Å². The Labute approximate surface area is 116 Å². The maximum Gasteiger partial charge on any atom is 0.243 e. The van der Waals surface area contributed by atoms with Crippen molar-refractivity contribution < 1.29 is 4.79 Å². The summed E-state index contributed by atoms with van der Waals surface area (Å²) in [4.78, 5) is 12.9. The molecule has 1 aliphatic carbocycles. The number of nitrogens with zero attached hydrogens (tertiary/aromatic N) is 1. The lowest BCUT2D eigenvalue weighted by Gasteiger charge is -1.99. The zero-order valence-corrected chi connectivity index (χ0v) is 11.1. The van der Waals surface area contributed by atoms with Crippen LogP contribution in [0.15, 0.2) is 52.9 Å². The zero-order chi connectivity index (χ0) is 13.1. The Kier molecular flexibility index (Phi) is 3.42. The van der Waals surface area contributed by atoms with Crippen LogP contribution in [0.3, 0.4) is 0 Å². The first kappa shape index (κ1) is 12.1. The van der Waals surface area contributed by atoms with Crippen LogP contribution in [0.1, 0.15) is 22.8 Å². The molecule has 96 valence electrons. The third-order valence-corrected chi connectivity index (χ3v) is 4.07. The highest BCUT2D eigenvalue weighted by Crippen LogP contribution is 2.47. The zero-order valence-electron chi connectivity index (χ0n) is 10.3. The number of benzene rings is 1. The average molecular weight is 270 g/mol. The van der Waals surface area contributed by atoms with E-state index in [-0.39, 0.29) is 11.8 Å². The fraction of sp³-hybridized carbons (Fsp3) is 0.200. The van der Waals surface area contributed by atoms with E-state index in [2.05, 4.69) is 22.7 Å². The molecule has 19 heavy (non-hydrogen) atoms. The second kappa shape index (κ2) is 5.36. The quantitative estimate of drug-likeness (QED) is 0.673. The maximum absolute atomic E-state index is 11.9. The van der Waals surface area contributed by atoms with Gasteiger partial charge in [-0.2, -0.15) is 5.10 Å². The molecular weight excluding hydrogens is 256 g/mol. The first-order chi connectivity index (χ1) is 9.34. The Morgan fingerprint density at radius 2 is 2.11 bits per heavy atom. The molecule has 4 heteroatoms. The topological polar surface area (TPSA) is 41.5 Å². The number of hydrazone groups is 1. The van der Waals surface area contributed by atoms with Gasteiger partial charge in [0.2, 0.25) is 5.91 Å². The molecule has 1 amide bonds. The van der Waals surface area contributed by atoms with E-state index in [1.165, 1.54) is 5.56 Å². The lowest BCUT2D eigenvalue weighted by Crippen LogP contribution is -2.19. The first-order valence-corrected chi connectivity index (χ1v) is 7.14. The molecule has 1 saturated carbocycles. The Morgan fingerprint density at radius 1 is 1.26 bits per heavy atom. The summed E-state index contributed by atoms with van der Waals surface area (Å²) in [5, 5.41) is 5.97. The van der Waals surface area contributed by atoms with E-state index in [0.717, 1.165) is 11.3 Å². The first-order valence-electron chi connectivity index (χ1n) is 6.26. The average Bonchev–Trinajstić information content (AvgIpc) is 3.09. The molecule has 1 N–H and O–H groups in total. The maximum atomic E-state index is 11.9. The molecule has 3 nitrogen and oxygen atoms in total. The van der Waals surface area contributed by atoms with E-state index in [0.29, 0.717) is 5.92 Å². The van der Waals surface area contributed by atoms with Crippen molar-refractivity contribution in [3.63, 3.8) is 0 Å². The van der Waals surface area contributed by atoms with E-state index in [9.17, 15) is 4.79 Å². The second-order valence-electron chi connectivity index (χ2n) is 4.61. The van der Waals surface area contributed by atoms with Crippen LogP contribution in [0.25, 0.3) is 0 Å². The van der Waals surface area contributed by atoms with Gasteiger partial charge in [-0.1, -0.05) is 36.4 Å². The van der Waals surface area contributed by atoms with Crippen molar-refractivity contribution in [2.75, 3.05) is 0 Å². The molecule has 0 radical (unpaired) electrons. The fourth-order valence-electron chi connectivity index (χ4n) is 2.16. The standard InChI is InChI=1S/C15H14N2OS/c18-15(17-16-10-12-7-4-8-19-12)14-9-13(14)11-5-2-1-3-6-11/h1-8,10,13-14H,9H2,(H,17,18)/b16-10+/t13-,14+/m0/s1. The van der Waals surface area contributed by atoms with Crippen molar-refractivity contribution in [3.05, 3.63) is 58.3 Å². The number of rotatable bonds is 4. The molecule has 1 heterocycles. The normalized spacial score (nSPS) is 21.5. The molecule has 2 atom stereocenters. The molecule has 0 spiro atoms. The highest BCUT2D eigenvalue weighted by molar-refractivity contribution is 7.11. The van der Waals surface area contributed by atoms with Gasteiger partial charge < -0.3 is 0 Å². The third-order valence-electron chi connectivity index (χ3n) is 3.26. The third kappa shape index (κ3) is 2.90. The summed E-state index contributed by atoms with van der Waals surface area (Å²) in [5.41, 5.74) is 3.86. The van der Waals surface area contributed by atoms with Gasteiger partial charge in [0.25, 0.3) is 0 Å². The molecular formula is C15H14N2OS. The summed E-state index contributed by atoms with van der Waals surface area (Å²) >= 11 is 1.60. The Hall–Kier alpha value is -1.94. The van der Waals surface area contributed by atoms with Crippen LogP contribution < -0.4 is 5.43 Å². The monoisotopic (exact) mass is 270 g/mol. The second-order valence-corrected chi connectivity index (χ2v) is 5.59. The van der Waals surface area contributed by atoms with Crippen LogP contribution in [-0.4, -0.2) is 12.1 Å². The van der Waals surface area contributed by atoms with E-state index in [4.69, 9.17) is 0 Å². The van der Waals surface area contributed by atoms with Crippen molar-refractivity contribution in [3.8, 4) is 0 Å². The summed E-state index contributed by atoms with van der Waals surface area (Å²) in [5.74, 6) is 0.447. The molecule has 1 aliphatic rings. The van der Waals surface area contributed by atoms with Gasteiger partial charge in [-0.15, -0.1) is 11.3 Å². The number of carbonyl (C=O) groups is 1. The van der Waals surface area contributed by atoms with Gasteiger partial charge >= 0.3 is 0 Å². The molecule has 0 saturated heterocycles. The predicted octanol–water partition coefficient (Wildman–Crippen LogP) is 3.00. The van der Waals surface area contributed by atoms with Crippen LogP contribution in [0.4, 0.5) is 0 Å². The lowest BCUT2D eigenvalue weighted by atomic mass is 10.1. The largest absolute Gasteiger partial charge is 0.273 e. The molecule has 1 aromatic carbocycles. The van der Waals surface area contributed by atoms with Crippen molar-refractivity contribution in [1.29, 1.82) is 0 Å². The van der Waals surface area contributed by atoms with Gasteiger partial charge in [0.1, 0.15) is 0 Å². The predicted molar refractivity (Wildman–Crippen MR) is 77.3 cm³/mol. The lowest BCUT2D eigenvalue weighted by molar-refractivity contribution is -0.122. The highest BCUT2D eigenvalue weighted by Gasteiger charge is 2.43. The summed E-state index contributed by atoms with van der Waals surface area (Å²) in [6.45, 7) is 0. The number of amides is 1. The smallest absolute Gasteiger partial charge is 0.243 e. The van der Waals surface area contributed by atoms with E-state index < -0.39 is 0 Å². The van der Waals surface area contributed by atoms with E-state index in [1.807, 2.05) is 35.7 Å². The number of carbonyl (C=O) groups excluding carboxylic acids is 1. The van der Waals surface area contributed by atoms with Gasteiger partial charge in [0.15, 0.2) is 0 Å². The molecule has 0 bridgehead atoms. The van der Waals surface area contributed by atoms with Crippen LogP contribution in [0.2, 0.25) is 0 Å². The minimum absolute atomic E-state index is 0.0154. The molecule has 2 aromatic rings. The summed E-state index contributed by atoms with van der Waals surface area (Å²) in [6.07, 6.45) is 2.60. The fourth-order valence-corrected chi connectivity index (χ4v) is 2.75. The van der Waals surface area contributed by atoms with Crippen LogP contribution in [-0.2, 0) is 4.79 Å². The van der Waals surface area contributed by atoms with Crippen molar-refractivity contribution in [1.82, 2.24) is 5.43 Å². The Bertz CT molecular complexity index is 577.